The molecule has 0 aliphatic carbocycles. The van der Waals surface area contributed by atoms with E-state index in [1.807, 2.05) is 0 Å². The zero-order valence-electron chi connectivity index (χ0n) is 3.43. The molecule has 0 amide bonds. The van der Waals surface area contributed by atoms with Crippen molar-refractivity contribution in [3.8, 4) is 0 Å². The largest absolute Gasteiger partial charge is 0.355 e. The van der Waals surface area contributed by atoms with Crippen molar-refractivity contribution in [1.29, 1.82) is 0 Å². The summed E-state index contributed by atoms with van der Waals surface area (Å²) >= 11 is 0. The Hall–Kier alpha value is -0.600. The molecule has 6 heavy (non-hydrogen) atoms. The van der Waals surface area contributed by atoms with E-state index in [0.717, 1.165) is 0 Å². The zero-order chi connectivity index (χ0) is 4.28. The first kappa shape index (κ1) is 9.04. The average molecular weight is 93.1 g/mol. The Kier molecular flexibility index (Phi) is 6.63. The molecule has 0 unspecified atom stereocenters. The molecule has 3 heteroatoms. The van der Waals surface area contributed by atoms with Crippen molar-refractivity contribution >= 4 is 5.97 Å². The van der Waals surface area contributed by atoms with E-state index in [-0.39, 0.29) is 11.1 Å². The van der Waals surface area contributed by atoms with Gasteiger partial charge in [0.1, 0.15) is 0 Å². The Morgan fingerprint density at radius 2 is 1.83 bits per heavy atom. The van der Waals surface area contributed by atoms with Gasteiger partial charge in [-0.25, -0.2) is 9.90 Å². The van der Waals surface area contributed by atoms with Crippen LogP contribution >= 0.6 is 0 Å². The van der Waals surface area contributed by atoms with Crippen LogP contribution in [0.1, 0.15) is 13.3 Å². The number of hydrogen-bond acceptors (Lipinski definition) is 1. The smallest absolute Gasteiger partial charge is 0.269 e. The maximum Gasteiger partial charge on any atom is 0.355 e. The summed E-state index contributed by atoms with van der Waals surface area (Å²) in [6, 6.07) is 0. The van der Waals surface area contributed by atoms with E-state index in [1.165, 1.54) is 6.92 Å². The molecule has 1 radical (unpaired) electrons. The van der Waals surface area contributed by atoms with Gasteiger partial charge in [-0.1, -0.05) is 6.92 Å². The lowest BCUT2D eigenvalue weighted by molar-refractivity contribution is -0.142. The van der Waals surface area contributed by atoms with Gasteiger partial charge in [-0.05, 0) is 0 Å². The molecule has 0 aromatic heterocycles. The van der Waals surface area contributed by atoms with Gasteiger partial charge in [0.2, 0.25) is 0 Å². The van der Waals surface area contributed by atoms with E-state index < -0.39 is 5.97 Å². The SMILES string of the molecule is CCC([O])=O.F. The Morgan fingerprint density at radius 1 is 1.67 bits per heavy atom. The van der Waals surface area contributed by atoms with Crippen molar-refractivity contribution in [2.45, 2.75) is 13.3 Å². The second-order valence-electron chi connectivity index (χ2n) is 0.726. The lowest BCUT2D eigenvalue weighted by Crippen LogP contribution is -1.83. The van der Waals surface area contributed by atoms with E-state index in [9.17, 15) is 9.90 Å². The van der Waals surface area contributed by atoms with E-state index >= 15 is 0 Å². The van der Waals surface area contributed by atoms with Crippen molar-refractivity contribution in [1.82, 2.24) is 0 Å². The first-order valence-corrected chi connectivity index (χ1v) is 1.47. The van der Waals surface area contributed by atoms with Crippen LogP contribution in [-0.4, -0.2) is 5.97 Å². The third-order valence-electron chi connectivity index (χ3n) is 0.289. The molecule has 0 rings (SSSR count). The molecule has 37 valence electrons. The normalized spacial score (nSPS) is 6.17. The second kappa shape index (κ2) is 4.40. The Balaban J connectivity index is 0. The Morgan fingerprint density at radius 3 is 1.83 bits per heavy atom. The molecule has 0 bridgehead atoms. The van der Waals surface area contributed by atoms with Crippen LogP contribution in [0.25, 0.3) is 0 Å². The van der Waals surface area contributed by atoms with Crippen LogP contribution in [0.5, 0.6) is 0 Å². The summed E-state index contributed by atoms with van der Waals surface area (Å²) in [7, 11) is 0. The fourth-order valence-corrected chi connectivity index (χ4v) is 0. The highest BCUT2D eigenvalue weighted by Gasteiger charge is 1.85. The molecule has 0 atom stereocenters. The van der Waals surface area contributed by atoms with E-state index in [2.05, 4.69) is 0 Å². The standard InChI is InChI=1S/C3H5O2.FH/c1-2-3(4)5;/h2H2,1H3;1H. The summed E-state index contributed by atoms with van der Waals surface area (Å²) < 4.78 is 0. The third kappa shape index (κ3) is 9.99. The lowest BCUT2D eigenvalue weighted by atomic mass is 10.5. The minimum Gasteiger partial charge on any atom is -0.269 e. The highest BCUT2D eigenvalue weighted by molar-refractivity contribution is 5.65. The maximum atomic E-state index is 9.26. The van der Waals surface area contributed by atoms with Crippen molar-refractivity contribution in [2.75, 3.05) is 0 Å². The topological polar surface area (TPSA) is 37.0 Å². The van der Waals surface area contributed by atoms with Crippen molar-refractivity contribution < 1.29 is 14.6 Å². The number of carbonyl (C=O) groups excluding carboxylic acids is 1. The van der Waals surface area contributed by atoms with E-state index in [0.29, 0.717) is 0 Å². The van der Waals surface area contributed by atoms with E-state index in [4.69, 9.17) is 0 Å². The predicted molar refractivity (Wildman–Crippen MR) is 18.5 cm³/mol. The van der Waals surface area contributed by atoms with Crippen LogP contribution in [-0.2, 0) is 9.90 Å². The molecule has 0 spiro atoms. The summed E-state index contributed by atoms with van der Waals surface area (Å²) in [5.41, 5.74) is 0. The maximum absolute atomic E-state index is 9.26. The molecule has 0 heterocycles. The minimum absolute atomic E-state index is 0. The molecule has 0 aromatic rings. The molecular formula is C3H6FO2. The van der Waals surface area contributed by atoms with Gasteiger partial charge in [-0.15, -0.1) is 0 Å². The summed E-state index contributed by atoms with van der Waals surface area (Å²) in [6.45, 7) is 1.54. The zero-order valence-corrected chi connectivity index (χ0v) is 3.43. The predicted octanol–water partition coefficient (Wildman–Crippen LogP) is 0.506. The molecular weight excluding hydrogens is 87.0 g/mol. The number of halogens is 1. The summed E-state index contributed by atoms with van der Waals surface area (Å²) in [5, 5.41) is 9.26. The van der Waals surface area contributed by atoms with Gasteiger partial charge in [0.15, 0.2) is 0 Å². The lowest BCUT2D eigenvalue weighted by Gasteiger charge is -1.65. The van der Waals surface area contributed by atoms with Gasteiger partial charge in [-0.3, -0.25) is 4.70 Å². The van der Waals surface area contributed by atoms with Crippen molar-refractivity contribution in [3.63, 3.8) is 0 Å². The molecule has 0 fully saturated rings. The molecule has 0 aliphatic rings. The molecule has 0 N–H and O–H groups in total. The van der Waals surface area contributed by atoms with Gasteiger partial charge in [0, 0.05) is 6.42 Å². The molecule has 2 nitrogen and oxygen atoms in total. The summed E-state index contributed by atoms with van der Waals surface area (Å²) in [4.78, 5) is 9.26. The molecule has 0 saturated carbocycles. The number of carbonyl (C=O) groups is 1. The van der Waals surface area contributed by atoms with Crippen molar-refractivity contribution in [3.05, 3.63) is 0 Å². The quantitative estimate of drug-likeness (QED) is 0.465. The minimum atomic E-state index is -0.995. The highest BCUT2D eigenvalue weighted by atomic mass is 19.0. The summed E-state index contributed by atoms with van der Waals surface area (Å²) in [6.07, 6.45) is 0.111. The van der Waals surface area contributed by atoms with Crippen molar-refractivity contribution in [2.24, 2.45) is 0 Å². The Bertz CT molecular complexity index is 44.1. The second-order valence-corrected chi connectivity index (χ2v) is 0.726. The van der Waals surface area contributed by atoms with Gasteiger partial charge in [-0.2, -0.15) is 0 Å². The van der Waals surface area contributed by atoms with Crippen LogP contribution in [0.2, 0.25) is 0 Å². The van der Waals surface area contributed by atoms with Gasteiger partial charge < -0.3 is 0 Å². The average Bonchev–Trinajstić information content (AvgIpc) is 1.38. The van der Waals surface area contributed by atoms with Crippen LogP contribution in [0.3, 0.4) is 0 Å². The van der Waals surface area contributed by atoms with Crippen LogP contribution in [0, 0.1) is 0 Å². The van der Waals surface area contributed by atoms with Gasteiger partial charge in [0.25, 0.3) is 0 Å². The van der Waals surface area contributed by atoms with Crippen LogP contribution in [0.4, 0.5) is 4.70 Å². The highest BCUT2D eigenvalue weighted by Crippen LogP contribution is 1.68. The number of rotatable bonds is 1. The third-order valence-corrected chi connectivity index (χ3v) is 0.289. The Labute approximate surface area is 35.2 Å². The first-order valence-electron chi connectivity index (χ1n) is 1.47. The molecule has 0 aromatic carbocycles. The van der Waals surface area contributed by atoms with Crippen LogP contribution < -0.4 is 0 Å². The fourth-order valence-electron chi connectivity index (χ4n) is 0. The van der Waals surface area contributed by atoms with Gasteiger partial charge in [0.05, 0.1) is 0 Å². The molecule has 0 saturated heterocycles. The first-order chi connectivity index (χ1) is 2.27. The molecule has 0 aliphatic heterocycles. The summed E-state index contributed by atoms with van der Waals surface area (Å²) in [5.74, 6) is -0.995. The monoisotopic (exact) mass is 93.0 g/mol. The van der Waals surface area contributed by atoms with Gasteiger partial charge >= 0.3 is 5.97 Å². The number of hydrogen-bond donors (Lipinski definition) is 0. The van der Waals surface area contributed by atoms with Crippen LogP contribution in [0.15, 0.2) is 0 Å². The van der Waals surface area contributed by atoms with E-state index in [1.54, 1.807) is 0 Å². The fraction of sp³-hybridized carbons (Fsp3) is 0.667.